The molecule has 0 spiro atoms. The van der Waals surface area contributed by atoms with E-state index in [0.29, 0.717) is 17.3 Å². The standard InChI is InChI=1S/C14H8F3NO2S/c1-2-7-18-12(19)11(21-13(18)20)8-9-3-5-10(6-4-9)14(15,16)17/h1,3-6,8H,7H2. The van der Waals surface area contributed by atoms with Gasteiger partial charge in [0.25, 0.3) is 11.1 Å². The monoisotopic (exact) mass is 311 g/mol. The van der Waals surface area contributed by atoms with Crippen molar-refractivity contribution in [1.82, 2.24) is 4.90 Å². The van der Waals surface area contributed by atoms with Crippen LogP contribution in [0.2, 0.25) is 0 Å². The maximum atomic E-state index is 12.4. The van der Waals surface area contributed by atoms with Crippen molar-refractivity contribution in [3.05, 3.63) is 40.3 Å². The smallest absolute Gasteiger partial charge is 0.268 e. The molecule has 1 fully saturated rings. The van der Waals surface area contributed by atoms with Gasteiger partial charge in [-0.25, -0.2) is 0 Å². The van der Waals surface area contributed by atoms with Crippen LogP contribution >= 0.6 is 11.8 Å². The van der Waals surface area contributed by atoms with E-state index in [1.165, 1.54) is 18.2 Å². The Morgan fingerprint density at radius 3 is 2.38 bits per heavy atom. The third-order valence-electron chi connectivity index (χ3n) is 2.66. The van der Waals surface area contributed by atoms with Gasteiger partial charge < -0.3 is 0 Å². The third-order valence-corrected chi connectivity index (χ3v) is 3.57. The van der Waals surface area contributed by atoms with Gasteiger partial charge in [-0.3, -0.25) is 14.5 Å². The molecule has 7 heteroatoms. The molecule has 0 saturated carbocycles. The van der Waals surface area contributed by atoms with Crippen LogP contribution in [-0.2, 0) is 11.0 Å². The van der Waals surface area contributed by atoms with E-state index in [9.17, 15) is 22.8 Å². The molecule has 0 N–H and O–H groups in total. The van der Waals surface area contributed by atoms with E-state index in [-0.39, 0.29) is 11.4 Å². The molecule has 2 rings (SSSR count). The maximum Gasteiger partial charge on any atom is 0.416 e. The van der Waals surface area contributed by atoms with Gasteiger partial charge >= 0.3 is 6.18 Å². The van der Waals surface area contributed by atoms with Crippen molar-refractivity contribution in [2.45, 2.75) is 6.18 Å². The highest BCUT2D eigenvalue weighted by atomic mass is 32.2. The summed E-state index contributed by atoms with van der Waals surface area (Å²) in [5, 5.41) is -0.490. The highest BCUT2D eigenvalue weighted by Gasteiger charge is 2.34. The summed E-state index contributed by atoms with van der Waals surface area (Å²) < 4.78 is 37.3. The van der Waals surface area contributed by atoms with Crippen LogP contribution in [0.5, 0.6) is 0 Å². The molecule has 1 aliphatic rings. The zero-order chi connectivity index (χ0) is 15.6. The van der Waals surface area contributed by atoms with E-state index in [4.69, 9.17) is 6.42 Å². The van der Waals surface area contributed by atoms with Crippen molar-refractivity contribution in [2.75, 3.05) is 6.54 Å². The Hall–Kier alpha value is -2.20. The molecule has 21 heavy (non-hydrogen) atoms. The first-order valence-corrected chi connectivity index (χ1v) is 6.50. The minimum absolute atomic E-state index is 0.130. The minimum atomic E-state index is -4.41. The molecule has 0 atom stereocenters. The van der Waals surface area contributed by atoms with Crippen LogP contribution in [0.25, 0.3) is 6.08 Å². The number of benzene rings is 1. The van der Waals surface area contributed by atoms with Crippen molar-refractivity contribution in [3.63, 3.8) is 0 Å². The first-order chi connectivity index (χ1) is 9.82. The van der Waals surface area contributed by atoms with E-state index in [0.717, 1.165) is 17.0 Å². The van der Waals surface area contributed by atoms with Gasteiger partial charge in [0.15, 0.2) is 0 Å². The predicted molar refractivity (Wildman–Crippen MR) is 73.0 cm³/mol. The lowest BCUT2D eigenvalue weighted by Crippen LogP contribution is -2.28. The summed E-state index contributed by atoms with van der Waals surface area (Å²) in [4.78, 5) is 24.5. The first-order valence-electron chi connectivity index (χ1n) is 5.69. The fraction of sp³-hybridized carbons (Fsp3) is 0.143. The number of hydrogen-bond donors (Lipinski definition) is 0. The largest absolute Gasteiger partial charge is 0.416 e. The summed E-state index contributed by atoms with van der Waals surface area (Å²) in [6, 6.07) is 4.30. The molecule has 0 unspecified atom stereocenters. The Labute approximate surface area is 122 Å². The Kier molecular flexibility index (Phi) is 4.09. The molecule has 0 radical (unpaired) electrons. The van der Waals surface area contributed by atoms with Crippen LogP contribution in [0.1, 0.15) is 11.1 Å². The molecule has 1 aliphatic heterocycles. The number of imide groups is 1. The van der Waals surface area contributed by atoms with Crippen molar-refractivity contribution >= 4 is 29.0 Å². The summed E-state index contributed by atoms with van der Waals surface area (Å²) in [5.74, 6) is 1.66. The van der Waals surface area contributed by atoms with Crippen LogP contribution in [0.4, 0.5) is 18.0 Å². The third kappa shape index (κ3) is 3.28. The Balaban J connectivity index is 2.23. The van der Waals surface area contributed by atoms with Gasteiger partial charge in [0.1, 0.15) is 0 Å². The number of thioether (sulfide) groups is 1. The minimum Gasteiger partial charge on any atom is -0.268 e. The number of amides is 2. The summed E-state index contributed by atoms with van der Waals surface area (Å²) in [6.45, 7) is -0.130. The number of hydrogen-bond acceptors (Lipinski definition) is 3. The highest BCUT2D eigenvalue weighted by Crippen LogP contribution is 2.33. The second kappa shape index (κ2) is 5.66. The molecule has 2 amide bonds. The lowest BCUT2D eigenvalue weighted by molar-refractivity contribution is -0.137. The number of carbonyl (C=O) groups is 2. The number of alkyl halides is 3. The second-order valence-corrected chi connectivity index (χ2v) is 5.08. The summed E-state index contributed by atoms with van der Waals surface area (Å²) in [6.07, 6.45) is 2.01. The lowest BCUT2D eigenvalue weighted by atomic mass is 10.1. The zero-order valence-corrected chi connectivity index (χ0v) is 11.3. The van der Waals surface area contributed by atoms with Crippen LogP contribution in [0, 0.1) is 12.3 Å². The molecular weight excluding hydrogens is 303 g/mol. The zero-order valence-electron chi connectivity index (χ0n) is 10.5. The molecular formula is C14H8F3NO2S. The van der Waals surface area contributed by atoms with Gasteiger partial charge in [0.05, 0.1) is 17.0 Å². The van der Waals surface area contributed by atoms with E-state index in [1.54, 1.807) is 0 Å². The summed E-state index contributed by atoms with van der Waals surface area (Å²) in [7, 11) is 0. The molecule has 0 aromatic heterocycles. The second-order valence-electron chi connectivity index (χ2n) is 4.09. The number of terminal acetylenes is 1. The van der Waals surface area contributed by atoms with Gasteiger partial charge in [-0.05, 0) is 35.5 Å². The fourth-order valence-corrected chi connectivity index (χ4v) is 2.49. The number of rotatable bonds is 2. The number of carbonyl (C=O) groups excluding carboxylic acids is 2. The molecule has 0 aliphatic carbocycles. The quantitative estimate of drug-likeness (QED) is 0.621. The summed E-state index contributed by atoms with van der Waals surface area (Å²) >= 11 is 0.707. The molecule has 1 saturated heterocycles. The van der Waals surface area contributed by atoms with E-state index < -0.39 is 22.9 Å². The number of nitrogens with zero attached hydrogens (tertiary/aromatic N) is 1. The summed E-state index contributed by atoms with van der Waals surface area (Å²) in [5.41, 5.74) is -0.380. The van der Waals surface area contributed by atoms with Gasteiger partial charge in [-0.15, -0.1) is 6.42 Å². The Morgan fingerprint density at radius 1 is 1.24 bits per heavy atom. The Morgan fingerprint density at radius 2 is 1.86 bits per heavy atom. The van der Waals surface area contributed by atoms with Crippen LogP contribution < -0.4 is 0 Å². The Bertz CT molecular complexity index is 656. The molecule has 108 valence electrons. The highest BCUT2D eigenvalue weighted by molar-refractivity contribution is 8.18. The average molecular weight is 311 g/mol. The van der Waals surface area contributed by atoms with Crippen molar-refractivity contribution < 1.29 is 22.8 Å². The van der Waals surface area contributed by atoms with Gasteiger partial charge in [-0.2, -0.15) is 13.2 Å². The molecule has 0 bridgehead atoms. The SMILES string of the molecule is C#CCN1C(=O)SC(=Cc2ccc(C(F)(F)F)cc2)C1=O. The van der Waals surface area contributed by atoms with E-state index >= 15 is 0 Å². The van der Waals surface area contributed by atoms with Crippen LogP contribution in [0.15, 0.2) is 29.2 Å². The average Bonchev–Trinajstić information content (AvgIpc) is 2.66. The molecule has 3 nitrogen and oxygen atoms in total. The molecule has 1 heterocycles. The topological polar surface area (TPSA) is 37.4 Å². The first kappa shape index (κ1) is 15.2. The van der Waals surface area contributed by atoms with Crippen LogP contribution in [0.3, 0.4) is 0 Å². The van der Waals surface area contributed by atoms with Crippen molar-refractivity contribution in [3.8, 4) is 12.3 Å². The van der Waals surface area contributed by atoms with E-state index in [1.807, 2.05) is 0 Å². The fourth-order valence-electron chi connectivity index (χ4n) is 1.65. The van der Waals surface area contributed by atoms with E-state index in [2.05, 4.69) is 5.92 Å². The maximum absolute atomic E-state index is 12.4. The number of halogens is 3. The van der Waals surface area contributed by atoms with Crippen molar-refractivity contribution in [2.24, 2.45) is 0 Å². The van der Waals surface area contributed by atoms with Crippen LogP contribution in [-0.4, -0.2) is 22.6 Å². The molecule has 1 aromatic rings. The van der Waals surface area contributed by atoms with Crippen molar-refractivity contribution in [1.29, 1.82) is 0 Å². The van der Waals surface area contributed by atoms with Gasteiger partial charge in [0, 0.05) is 0 Å². The normalized spacial score (nSPS) is 17.4. The van der Waals surface area contributed by atoms with Gasteiger partial charge in [-0.1, -0.05) is 18.1 Å². The lowest BCUT2D eigenvalue weighted by Gasteiger charge is -2.07. The van der Waals surface area contributed by atoms with Gasteiger partial charge in [0.2, 0.25) is 0 Å². The predicted octanol–water partition coefficient (Wildman–Crippen LogP) is 3.37. The molecule has 1 aromatic carbocycles.